The lowest BCUT2D eigenvalue weighted by molar-refractivity contribution is 0.0569. The summed E-state index contributed by atoms with van der Waals surface area (Å²) in [5.74, 6) is 0. The molecule has 1 aliphatic heterocycles. The van der Waals surface area contributed by atoms with Gasteiger partial charge in [0.05, 0.1) is 6.10 Å². The van der Waals surface area contributed by atoms with Crippen LogP contribution in [0.4, 0.5) is 0 Å². The molecule has 0 amide bonds. The highest BCUT2D eigenvalue weighted by Gasteiger charge is 2.22. The van der Waals surface area contributed by atoms with Gasteiger partial charge in [-0.2, -0.15) is 0 Å². The molecule has 0 aromatic heterocycles. The maximum Gasteiger partial charge on any atom is 0.0702 e. The van der Waals surface area contributed by atoms with E-state index in [1.54, 1.807) is 0 Å². The predicted octanol–water partition coefficient (Wildman–Crippen LogP) is 1.61. The maximum atomic E-state index is 5.69. The largest absolute Gasteiger partial charge is 0.377 e. The van der Waals surface area contributed by atoms with Gasteiger partial charge in [0.15, 0.2) is 0 Å². The Morgan fingerprint density at radius 1 is 1.47 bits per heavy atom. The molecule has 90 valence electrons. The quantitative estimate of drug-likeness (QED) is 0.700. The predicted molar refractivity (Wildman–Crippen MR) is 64.0 cm³/mol. The molecule has 0 spiro atoms. The molecule has 3 heteroatoms. The van der Waals surface area contributed by atoms with Gasteiger partial charge in [0.25, 0.3) is 0 Å². The van der Waals surface area contributed by atoms with E-state index in [9.17, 15) is 0 Å². The second-order valence-electron chi connectivity index (χ2n) is 4.36. The zero-order valence-corrected chi connectivity index (χ0v) is 10.2. The molecule has 0 aromatic rings. The molecule has 15 heavy (non-hydrogen) atoms. The lowest BCUT2D eigenvalue weighted by Crippen LogP contribution is -2.41. The van der Waals surface area contributed by atoms with Crippen molar-refractivity contribution >= 4 is 0 Å². The zero-order chi connectivity index (χ0) is 11.1. The van der Waals surface area contributed by atoms with Gasteiger partial charge in [0.2, 0.25) is 0 Å². The average molecular weight is 214 g/mol. The molecule has 0 bridgehead atoms. The summed E-state index contributed by atoms with van der Waals surface area (Å²) in [6.45, 7) is 8.43. The Kier molecular flexibility index (Phi) is 6.22. The number of nitrogens with two attached hydrogens (primary N) is 1. The summed E-state index contributed by atoms with van der Waals surface area (Å²) in [5.41, 5.74) is 5.65. The van der Waals surface area contributed by atoms with Gasteiger partial charge in [-0.15, -0.1) is 0 Å². The fraction of sp³-hybridized carbons (Fsp3) is 1.00. The van der Waals surface area contributed by atoms with Gasteiger partial charge in [-0.05, 0) is 38.8 Å². The van der Waals surface area contributed by atoms with Crippen molar-refractivity contribution in [3.63, 3.8) is 0 Å². The first kappa shape index (κ1) is 12.9. The van der Waals surface area contributed by atoms with E-state index in [1.165, 1.54) is 19.3 Å². The summed E-state index contributed by atoms with van der Waals surface area (Å²) in [4.78, 5) is 2.53. The second-order valence-corrected chi connectivity index (χ2v) is 4.36. The van der Waals surface area contributed by atoms with E-state index in [2.05, 4.69) is 18.7 Å². The minimum Gasteiger partial charge on any atom is -0.377 e. The highest BCUT2D eigenvalue weighted by atomic mass is 16.5. The summed E-state index contributed by atoms with van der Waals surface area (Å²) < 4.78 is 5.69. The number of rotatable bonds is 7. The summed E-state index contributed by atoms with van der Waals surface area (Å²) >= 11 is 0. The topological polar surface area (TPSA) is 38.5 Å². The molecule has 3 nitrogen and oxygen atoms in total. The van der Waals surface area contributed by atoms with Crippen LogP contribution in [0.25, 0.3) is 0 Å². The van der Waals surface area contributed by atoms with Gasteiger partial charge < -0.3 is 10.5 Å². The number of nitrogens with zero attached hydrogens (tertiary/aromatic N) is 1. The van der Waals surface area contributed by atoms with Crippen LogP contribution in [0.15, 0.2) is 0 Å². The first-order valence-corrected chi connectivity index (χ1v) is 6.37. The van der Waals surface area contributed by atoms with Crippen LogP contribution in [0.2, 0.25) is 0 Å². The SMILES string of the molecule is CCC(CCN)N(CC)CC1CCCO1. The molecule has 1 fully saturated rings. The molecule has 0 aliphatic carbocycles. The second kappa shape index (κ2) is 7.20. The monoisotopic (exact) mass is 214 g/mol. The smallest absolute Gasteiger partial charge is 0.0702 e. The molecule has 1 aliphatic rings. The van der Waals surface area contributed by atoms with E-state index < -0.39 is 0 Å². The van der Waals surface area contributed by atoms with E-state index in [-0.39, 0.29) is 0 Å². The van der Waals surface area contributed by atoms with Gasteiger partial charge in [-0.25, -0.2) is 0 Å². The van der Waals surface area contributed by atoms with E-state index >= 15 is 0 Å². The summed E-state index contributed by atoms with van der Waals surface area (Å²) in [6, 6.07) is 0.643. The third-order valence-corrected chi connectivity index (χ3v) is 3.36. The summed E-state index contributed by atoms with van der Waals surface area (Å²) in [7, 11) is 0. The average Bonchev–Trinajstić information content (AvgIpc) is 2.75. The molecule has 2 unspecified atom stereocenters. The Morgan fingerprint density at radius 2 is 2.27 bits per heavy atom. The maximum absolute atomic E-state index is 5.69. The van der Waals surface area contributed by atoms with Crippen molar-refractivity contribution in [3.8, 4) is 0 Å². The van der Waals surface area contributed by atoms with E-state index in [0.29, 0.717) is 12.1 Å². The van der Waals surface area contributed by atoms with Crippen LogP contribution in [0.1, 0.15) is 39.5 Å². The first-order valence-electron chi connectivity index (χ1n) is 6.37. The van der Waals surface area contributed by atoms with Crippen LogP contribution in [0, 0.1) is 0 Å². The lowest BCUT2D eigenvalue weighted by Gasteiger charge is -2.31. The van der Waals surface area contributed by atoms with Crippen molar-refractivity contribution in [2.45, 2.75) is 51.7 Å². The molecule has 0 radical (unpaired) electrons. The van der Waals surface area contributed by atoms with E-state index in [4.69, 9.17) is 10.5 Å². The normalized spacial score (nSPS) is 23.6. The van der Waals surface area contributed by atoms with Gasteiger partial charge in [-0.1, -0.05) is 13.8 Å². The van der Waals surface area contributed by atoms with Gasteiger partial charge in [0.1, 0.15) is 0 Å². The van der Waals surface area contributed by atoms with Gasteiger partial charge in [-0.3, -0.25) is 4.90 Å². The Morgan fingerprint density at radius 3 is 2.73 bits per heavy atom. The number of likely N-dealkylation sites (N-methyl/N-ethyl adjacent to an activating group) is 1. The lowest BCUT2D eigenvalue weighted by atomic mass is 10.1. The third kappa shape index (κ3) is 4.09. The molecule has 0 saturated carbocycles. The Bertz CT molecular complexity index is 158. The number of hydrogen-bond donors (Lipinski definition) is 1. The van der Waals surface area contributed by atoms with Crippen molar-refractivity contribution in [2.75, 3.05) is 26.2 Å². The van der Waals surface area contributed by atoms with Gasteiger partial charge in [0, 0.05) is 19.2 Å². The summed E-state index contributed by atoms with van der Waals surface area (Å²) in [5, 5.41) is 0. The van der Waals surface area contributed by atoms with Gasteiger partial charge >= 0.3 is 0 Å². The molecule has 2 N–H and O–H groups in total. The van der Waals surface area contributed by atoms with Crippen molar-refractivity contribution in [1.29, 1.82) is 0 Å². The fourth-order valence-corrected chi connectivity index (χ4v) is 2.42. The number of ether oxygens (including phenoxy) is 1. The molecular weight excluding hydrogens is 188 g/mol. The van der Waals surface area contributed by atoms with Crippen LogP contribution in [-0.4, -0.2) is 43.3 Å². The fourth-order valence-electron chi connectivity index (χ4n) is 2.42. The van der Waals surface area contributed by atoms with Crippen molar-refractivity contribution in [1.82, 2.24) is 4.90 Å². The van der Waals surface area contributed by atoms with E-state index in [0.717, 1.165) is 32.7 Å². The number of hydrogen-bond acceptors (Lipinski definition) is 3. The third-order valence-electron chi connectivity index (χ3n) is 3.36. The Balaban J connectivity index is 2.37. The molecule has 1 rings (SSSR count). The van der Waals surface area contributed by atoms with E-state index in [1.807, 2.05) is 0 Å². The van der Waals surface area contributed by atoms with Crippen LogP contribution in [-0.2, 0) is 4.74 Å². The van der Waals surface area contributed by atoms with Crippen LogP contribution < -0.4 is 5.73 Å². The zero-order valence-electron chi connectivity index (χ0n) is 10.2. The molecule has 2 atom stereocenters. The highest BCUT2D eigenvalue weighted by Crippen LogP contribution is 2.16. The van der Waals surface area contributed by atoms with Crippen LogP contribution in [0.3, 0.4) is 0 Å². The summed E-state index contributed by atoms with van der Waals surface area (Å²) in [6.07, 6.45) is 5.23. The van der Waals surface area contributed by atoms with Crippen molar-refractivity contribution < 1.29 is 4.74 Å². The molecular formula is C12H26N2O. The first-order chi connectivity index (χ1) is 7.31. The Labute approximate surface area is 94.0 Å². The molecule has 1 saturated heterocycles. The molecule has 0 aromatic carbocycles. The minimum atomic E-state index is 0.469. The minimum absolute atomic E-state index is 0.469. The van der Waals surface area contributed by atoms with Crippen molar-refractivity contribution in [2.24, 2.45) is 5.73 Å². The van der Waals surface area contributed by atoms with Crippen molar-refractivity contribution in [3.05, 3.63) is 0 Å². The standard InChI is InChI=1S/C12H26N2O/c1-3-11(7-8-13)14(4-2)10-12-6-5-9-15-12/h11-12H,3-10,13H2,1-2H3. The van der Waals surface area contributed by atoms with Crippen LogP contribution in [0.5, 0.6) is 0 Å². The van der Waals surface area contributed by atoms with Crippen LogP contribution >= 0.6 is 0 Å². The highest BCUT2D eigenvalue weighted by molar-refractivity contribution is 4.75. The molecule has 1 heterocycles. The Hall–Kier alpha value is -0.120.